The molecular formula is C23H27IN2O4. The Bertz CT molecular complexity index is 859. The van der Waals surface area contributed by atoms with Gasteiger partial charge >= 0.3 is 6.09 Å². The Labute approximate surface area is 190 Å². The van der Waals surface area contributed by atoms with Gasteiger partial charge in [-0.05, 0) is 23.3 Å². The summed E-state index contributed by atoms with van der Waals surface area (Å²) in [5, 5.41) is 12.2. The second-order valence-corrected chi connectivity index (χ2v) is 10.9. The molecule has 1 aliphatic rings. The molecule has 2 aromatic carbocycles. The van der Waals surface area contributed by atoms with Gasteiger partial charge in [0.1, 0.15) is 18.4 Å². The van der Waals surface area contributed by atoms with Crippen molar-refractivity contribution >= 4 is 34.6 Å². The van der Waals surface area contributed by atoms with E-state index in [9.17, 15) is 14.7 Å². The van der Waals surface area contributed by atoms with Crippen molar-refractivity contribution in [2.24, 2.45) is 5.92 Å². The molecule has 2 aromatic rings. The number of nitrogens with one attached hydrogen (secondary N) is 1. The fraction of sp³-hybridized carbons (Fsp3) is 0.391. The lowest BCUT2D eigenvalue weighted by molar-refractivity contribution is -0.140. The molecule has 0 aliphatic carbocycles. The lowest BCUT2D eigenvalue weighted by Gasteiger charge is -2.46. The fourth-order valence-electron chi connectivity index (χ4n) is 3.29. The molecule has 6 nitrogen and oxygen atoms in total. The third-order valence-electron chi connectivity index (χ3n) is 5.34. The highest BCUT2D eigenvalue weighted by atomic mass is 127. The first kappa shape index (κ1) is 22.4. The largest absolute Gasteiger partial charge is 0.508 e. The Hall–Kier alpha value is -2.29. The Balaban J connectivity index is 1.63. The van der Waals surface area contributed by atoms with E-state index in [0.717, 1.165) is 11.1 Å². The molecule has 1 saturated heterocycles. The van der Waals surface area contributed by atoms with E-state index < -0.39 is 12.1 Å². The zero-order valence-electron chi connectivity index (χ0n) is 17.2. The number of hydrogen-bond donors (Lipinski definition) is 2. The number of likely N-dealkylation sites (tertiary alicyclic amines) is 1. The summed E-state index contributed by atoms with van der Waals surface area (Å²) in [6, 6.07) is 15.3. The number of ether oxygens (including phenoxy) is 1. The fourth-order valence-corrected chi connectivity index (χ4v) is 3.68. The predicted molar refractivity (Wildman–Crippen MR) is 124 cm³/mol. The van der Waals surface area contributed by atoms with Gasteiger partial charge in [0.05, 0.1) is 0 Å². The van der Waals surface area contributed by atoms with Crippen molar-refractivity contribution in [3.8, 4) is 5.75 Å². The van der Waals surface area contributed by atoms with Crippen LogP contribution in [0.5, 0.6) is 5.75 Å². The van der Waals surface area contributed by atoms with E-state index in [1.54, 1.807) is 29.2 Å². The topological polar surface area (TPSA) is 78.9 Å². The summed E-state index contributed by atoms with van der Waals surface area (Å²) >= 11 is 2.41. The van der Waals surface area contributed by atoms with Gasteiger partial charge in [0, 0.05) is 28.8 Å². The van der Waals surface area contributed by atoms with E-state index in [1.165, 1.54) is 0 Å². The predicted octanol–water partition coefficient (Wildman–Crippen LogP) is 3.90. The molecule has 160 valence electrons. The van der Waals surface area contributed by atoms with Crippen LogP contribution in [0, 0.1) is 5.92 Å². The maximum Gasteiger partial charge on any atom is 0.408 e. The third kappa shape index (κ3) is 6.10. The standard InChI is InChI=1S/C23H27IN2O4/c1-23(2,24)18-13-26(14-18)21(28)20(12-16-8-10-19(27)11-9-16)25-22(29)30-15-17-6-4-3-5-7-17/h3-11,18,20,27H,12-15H2,1-2H3,(H,25,29)/t20-/m0/s1. The monoisotopic (exact) mass is 522 g/mol. The Morgan fingerprint density at radius 3 is 2.37 bits per heavy atom. The number of nitrogens with zero attached hydrogens (tertiary/aromatic N) is 1. The number of aromatic hydroxyl groups is 1. The average Bonchev–Trinajstić information content (AvgIpc) is 2.66. The summed E-state index contributed by atoms with van der Waals surface area (Å²) in [7, 11) is 0. The number of phenols is 1. The van der Waals surface area contributed by atoms with Crippen LogP contribution >= 0.6 is 22.6 Å². The Morgan fingerprint density at radius 2 is 1.77 bits per heavy atom. The van der Waals surface area contributed by atoms with E-state index in [-0.39, 0.29) is 21.7 Å². The molecule has 0 spiro atoms. The highest BCUT2D eigenvalue weighted by molar-refractivity contribution is 14.1. The zero-order valence-corrected chi connectivity index (χ0v) is 19.3. The molecule has 30 heavy (non-hydrogen) atoms. The van der Waals surface area contributed by atoms with Crippen molar-refractivity contribution in [1.29, 1.82) is 0 Å². The van der Waals surface area contributed by atoms with Crippen LogP contribution in [0.2, 0.25) is 0 Å². The van der Waals surface area contributed by atoms with Gasteiger partial charge in [-0.1, -0.05) is 78.9 Å². The molecule has 0 unspecified atom stereocenters. The van der Waals surface area contributed by atoms with Crippen LogP contribution in [-0.4, -0.2) is 44.6 Å². The normalized spacial score (nSPS) is 15.2. The molecule has 1 fully saturated rings. The summed E-state index contributed by atoms with van der Waals surface area (Å²) in [6.07, 6.45) is -0.295. The van der Waals surface area contributed by atoms with Crippen molar-refractivity contribution in [3.63, 3.8) is 0 Å². The molecule has 1 atom stereocenters. The van der Waals surface area contributed by atoms with Gasteiger partial charge in [-0.15, -0.1) is 0 Å². The van der Waals surface area contributed by atoms with Gasteiger partial charge in [-0.25, -0.2) is 4.79 Å². The van der Waals surface area contributed by atoms with Crippen LogP contribution in [0.1, 0.15) is 25.0 Å². The number of carbonyl (C=O) groups excluding carboxylic acids is 2. The maximum atomic E-state index is 13.1. The lowest BCUT2D eigenvalue weighted by atomic mass is 9.87. The number of phenolic OH excluding ortho intramolecular Hbond substituents is 1. The van der Waals surface area contributed by atoms with Gasteiger partial charge in [-0.3, -0.25) is 4.79 Å². The summed E-state index contributed by atoms with van der Waals surface area (Å²) < 4.78 is 5.42. The molecular weight excluding hydrogens is 495 g/mol. The second-order valence-electron chi connectivity index (χ2n) is 8.13. The van der Waals surface area contributed by atoms with Crippen LogP contribution in [0.4, 0.5) is 4.79 Å². The number of halogens is 1. The van der Waals surface area contributed by atoms with Crippen molar-refractivity contribution in [1.82, 2.24) is 10.2 Å². The number of carbonyl (C=O) groups is 2. The van der Waals surface area contributed by atoms with Gasteiger partial charge in [0.25, 0.3) is 0 Å². The molecule has 7 heteroatoms. The molecule has 0 radical (unpaired) electrons. The molecule has 0 aromatic heterocycles. The van der Waals surface area contributed by atoms with Crippen molar-refractivity contribution in [2.75, 3.05) is 13.1 Å². The first-order chi connectivity index (χ1) is 14.2. The lowest BCUT2D eigenvalue weighted by Crippen LogP contribution is -2.60. The summed E-state index contributed by atoms with van der Waals surface area (Å²) in [4.78, 5) is 27.3. The summed E-state index contributed by atoms with van der Waals surface area (Å²) in [5.74, 6) is 0.477. The minimum Gasteiger partial charge on any atom is -0.508 e. The minimum atomic E-state index is -0.726. The van der Waals surface area contributed by atoms with Crippen LogP contribution in [0.15, 0.2) is 54.6 Å². The molecule has 1 aliphatic heterocycles. The van der Waals surface area contributed by atoms with Gasteiger partial charge in [-0.2, -0.15) is 0 Å². The van der Waals surface area contributed by atoms with E-state index >= 15 is 0 Å². The van der Waals surface area contributed by atoms with E-state index in [1.807, 2.05) is 30.3 Å². The molecule has 3 rings (SSSR count). The smallest absolute Gasteiger partial charge is 0.408 e. The first-order valence-electron chi connectivity index (χ1n) is 9.95. The molecule has 2 N–H and O–H groups in total. The zero-order chi connectivity index (χ0) is 21.7. The van der Waals surface area contributed by atoms with Crippen molar-refractivity contribution in [3.05, 3.63) is 65.7 Å². The third-order valence-corrected chi connectivity index (χ3v) is 6.22. The van der Waals surface area contributed by atoms with Gasteiger partial charge in [0.15, 0.2) is 0 Å². The molecule has 0 bridgehead atoms. The summed E-state index contributed by atoms with van der Waals surface area (Å²) in [5.41, 5.74) is 1.73. The highest BCUT2D eigenvalue weighted by Crippen LogP contribution is 2.34. The quantitative estimate of drug-likeness (QED) is 0.427. The summed E-state index contributed by atoms with van der Waals surface area (Å²) in [6.45, 7) is 5.82. The molecule has 2 amide bonds. The van der Waals surface area contributed by atoms with Gasteiger partial charge < -0.3 is 20.1 Å². The number of rotatable bonds is 7. The number of alkyl carbamates (subject to hydrolysis) is 1. The Kier molecular flexibility index (Phi) is 7.23. The average molecular weight is 522 g/mol. The van der Waals surface area contributed by atoms with Gasteiger partial charge in [0.2, 0.25) is 5.91 Å². The first-order valence-corrected chi connectivity index (χ1v) is 11.0. The number of alkyl halides is 1. The van der Waals surface area contributed by atoms with Crippen LogP contribution < -0.4 is 5.32 Å². The van der Waals surface area contributed by atoms with Crippen molar-refractivity contribution < 1.29 is 19.4 Å². The number of hydrogen-bond acceptors (Lipinski definition) is 4. The van der Waals surface area contributed by atoms with Crippen LogP contribution in [0.3, 0.4) is 0 Å². The molecule has 0 saturated carbocycles. The van der Waals surface area contributed by atoms with Crippen LogP contribution in [-0.2, 0) is 22.6 Å². The maximum absolute atomic E-state index is 13.1. The van der Waals surface area contributed by atoms with E-state index in [4.69, 9.17) is 4.74 Å². The number of benzene rings is 2. The minimum absolute atomic E-state index is 0.114. The SMILES string of the molecule is CC(C)(I)C1CN(C(=O)[C@H](Cc2ccc(O)cc2)NC(=O)OCc2ccccc2)C1. The second kappa shape index (κ2) is 9.68. The van der Waals surface area contributed by atoms with E-state index in [2.05, 4.69) is 41.8 Å². The number of amides is 2. The van der Waals surface area contributed by atoms with E-state index in [0.29, 0.717) is 25.4 Å². The van der Waals surface area contributed by atoms with Crippen molar-refractivity contribution in [2.45, 2.75) is 36.3 Å². The van der Waals surface area contributed by atoms with Crippen LogP contribution in [0.25, 0.3) is 0 Å². The molecule has 1 heterocycles. The Morgan fingerprint density at radius 1 is 1.13 bits per heavy atom. The highest BCUT2D eigenvalue weighted by Gasteiger charge is 2.41.